The first-order valence-electron chi connectivity index (χ1n) is 12.3. The molecule has 10 N–H and O–H groups in total. The van der Waals surface area contributed by atoms with Crippen LogP contribution in [0.3, 0.4) is 0 Å². The molecule has 0 aromatic heterocycles. The predicted octanol–water partition coefficient (Wildman–Crippen LogP) is -3.21. The maximum Gasteiger partial charge on any atom is 0.251 e. The number of aliphatic hydroxyl groups excluding tert-OH is 2. The first kappa shape index (κ1) is 30.0. The third kappa shape index (κ3) is 6.92. The van der Waals surface area contributed by atoms with Gasteiger partial charge in [0.05, 0.1) is 13.2 Å². The number of hydrogen-bond acceptors (Lipinski definition) is 10. The van der Waals surface area contributed by atoms with Crippen LogP contribution in [-0.4, -0.2) is 96.9 Å². The molecular formula is C26H30N6O8. The fourth-order valence-electron chi connectivity index (χ4n) is 3.79. The van der Waals surface area contributed by atoms with E-state index in [-0.39, 0.29) is 59.6 Å². The molecule has 0 saturated heterocycles. The normalized spacial score (nSPS) is 13.4. The molecular weight excluding hydrogens is 524 g/mol. The minimum atomic E-state index is -1.07. The molecule has 1 aliphatic carbocycles. The van der Waals surface area contributed by atoms with Gasteiger partial charge in [0.1, 0.15) is 12.1 Å². The van der Waals surface area contributed by atoms with Gasteiger partial charge in [-0.25, -0.2) is 0 Å². The number of ketones is 2. The molecule has 14 heteroatoms. The molecule has 2 aromatic rings. The Balaban J connectivity index is 1.66. The summed E-state index contributed by atoms with van der Waals surface area (Å²) in [6, 6.07) is 6.01. The van der Waals surface area contributed by atoms with Crippen molar-refractivity contribution in [1.82, 2.24) is 21.3 Å². The van der Waals surface area contributed by atoms with Crippen molar-refractivity contribution in [3.63, 3.8) is 0 Å². The quantitative estimate of drug-likeness (QED) is 0.104. The second kappa shape index (κ2) is 13.5. The van der Waals surface area contributed by atoms with E-state index in [0.717, 1.165) is 0 Å². The Morgan fingerprint density at radius 1 is 0.600 bits per heavy atom. The molecule has 14 nitrogen and oxygen atoms in total. The van der Waals surface area contributed by atoms with Gasteiger partial charge >= 0.3 is 0 Å². The maximum absolute atomic E-state index is 13.3. The molecule has 0 heterocycles. The van der Waals surface area contributed by atoms with Crippen LogP contribution >= 0.6 is 0 Å². The number of aliphatic hydroxyl groups is 2. The van der Waals surface area contributed by atoms with E-state index < -0.39 is 60.5 Å². The van der Waals surface area contributed by atoms with Crippen molar-refractivity contribution < 1.29 is 39.0 Å². The van der Waals surface area contributed by atoms with E-state index in [2.05, 4.69) is 21.3 Å². The molecule has 0 saturated carbocycles. The van der Waals surface area contributed by atoms with Crippen molar-refractivity contribution in [1.29, 1.82) is 0 Å². The van der Waals surface area contributed by atoms with Crippen LogP contribution < -0.4 is 32.7 Å². The Morgan fingerprint density at radius 2 is 0.950 bits per heavy atom. The molecule has 2 aromatic carbocycles. The summed E-state index contributed by atoms with van der Waals surface area (Å²) >= 11 is 0. The minimum Gasteiger partial charge on any atom is -0.394 e. The monoisotopic (exact) mass is 554 g/mol. The Kier molecular flexibility index (Phi) is 10.2. The van der Waals surface area contributed by atoms with Gasteiger partial charge in [-0.2, -0.15) is 0 Å². The second-order valence-corrected chi connectivity index (χ2v) is 8.85. The van der Waals surface area contributed by atoms with Crippen LogP contribution in [0.25, 0.3) is 0 Å². The maximum atomic E-state index is 13.3. The highest BCUT2D eigenvalue weighted by molar-refractivity contribution is 6.29. The zero-order valence-electron chi connectivity index (χ0n) is 21.4. The van der Waals surface area contributed by atoms with E-state index in [1.54, 1.807) is 0 Å². The smallest absolute Gasteiger partial charge is 0.251 e. The van der Waals surface area contributed by atoms with Gasteiger partial charge in [-0.05, 0) is 36.4 Å². The summed E-state index contributed by atoms with van der Waals surface area (Å²) in [6.45, 7) is -0.825. The molecule has 40 heavy (non-hydrogen) atoms. The Hall–Kier alpha value is -4.50. The van der Waals surface area contributed by atoms with Crippen LogP contribution in [0.2, 0.25) is 0 Å². The first-order chi connectivity index (χ1) is 19.1. The fourth-order valence-corrected chi connectivity index (χ4v) is 3.79. The van der Waals surface area contributed by atoms with Crippen LogP contribution in [0.15, 0.2) is 36.4 Å². The number of benzene rings is 2. The van der Waals surface area contributed by atoms with E-state index >= 15 is 0 Å². The van der Waals surface area contributed by atoms with Gasteiger partial charge in [0.15, 0.2) is 11.6 Å². The van der Waals surface area contributed by atoms with Crippen LogP contribution in [0.4, 0.5) is 0 Å². The molecule has 0 aliphatic heterocycles. The van der Waals surface area contributed by atoms with Crippen molar-refractivity contribution in [2.75, 3.05) is 39.4 Å². The van der Waals surface area contributed by atoms with Gasteiger partial charge in [0, 0.05) is 59.6 Å². The molecule has 212 valence electrons. The van der Waals surface area contributed by atoms with Crippen molar-refractivity contribution in [2.45, 2.75) is 12.1 Å². The number of rotatable bonds is 12. The van der Waals surface area contributed by atoms with Gasteiger partial charge in [0.2, 0.25) is 11.8 Å². The van der Waals surface area contributed by atoms with Crippen LogP contribution in [0.5, 0.6) is 0 Å². The lowest BCUT2D eigenvalue weighted by atomic mass is 9.82. The fraction of sp³-hybridized carbons (Fsp3) is 0.308. The first-order valence-corrected chi connectivity index (χ1v) is 12.3. The standard InChI is InChI=1S/C26H30N6O8/c27-19(11-33)25(39)31-7-5-29-23(37)13-1-3-15-17(9-13)22(36)18-10-14(2-4-16(18)21(15)35)24(38)30-6-8-32-26(40)20(28)12-34/h1-4,9-10,19-20,33-34H,5-8,11-12,27-28H2,(H,29,37)(H,30,38)(H,31,39)(H,32,40)/t19-,20-/m0/s1. The summed E-state index contributed by atoms with van der Waals surface area (Å²) in [7, 11) is 0. The molecule has 0 radical (unpaired) electrons. The topological polar surface area (TPSA) is 243 Å². The highest BCUT2D eigenvalue weighted by atomic mass is 16.3. The van der Waals surface area contributed by atoms with Gasteiger partial charge in [-0.15, -0.1) is 0 Å². The van der Waals surface area contributed by atoms with Crippen molar-refractivity contribution in [2.24, 2.45) is 11.5 Å². The van der Waals surface area contributed by atoms with E-state index in [9.17, 15) is 28.8 Å². The lowest BCUT2D eigenvalue weighted by Gasteiger charge is -2.19. The zero-order valence-corrected chi connectivity index (χ0v) is 21.4. The van der Waals surface area contributed by atoms with E-state index in [0.29, 0.717) is 0 Å². The van der Waals surface area contributed by atoms with Gasteiger partial charge in [0.25, 0.3) is 11.8 Å². The number of amides is 4. The molecule has 3 rings (SSSR count). The average Bonchev–Trinajstić information content (AvgIpc) is 2.98. The summed E-state index contributed by atoms with van der Waals surface area (Å²) in [4.78, 5) is 74.6. The third-order valence-corrected chi connectivity index (χ3v) is 6.03. The summed E-state index contributed by atoms with van der Waals surface area (Å²) in [5, 5.41) is 27.8. The number of carbonyl (C=O) groups is 6. The molecule has 0 fully saturated rings. The number of hydrogen-bond donors (Lipinski definition) is 8. The molecule has 0 bridgehead atoms. The van der Waals surface area contributed by atoms with Gasteiger partial charge in [-0.1, -0.05) is 0 Å². The predicted molar refractivity (Wildman–Crippen MR) is 141 cm³/mol. The number of carbonyl (C=O) groups excluding carboxylic acids is 6. The molecule has 0 unspecified atom stereocenters. The highest BCUT2D eigenvalue weighted by Crippen LogP contribution is 2.29. The van der Waals surface area contributed by atoms with Crippen LogP contribution in [-0.2, 0) is 9.59 Å². The van der Waals surface area contributed by atoms with Crippen molar-refractivity contribution in [3.05, 3.63) is 69.8 Å². The van der Waals surface area contributed by atoms with Gasteiger partial charge in [-0.3, -0.25) is 28.8 Å². The Morgan fingerprint density at radius 3 is 1.32 bits per heavy atom. The van der Waals surface area contributed by atoms with Gasteiger partial charge < -0.3 is 42.9 Å². The number of nitrogens with one attached hydrogen (secondary N) is 4. The molecule has 0 spiro atoms. The number of nitrogens with two attached hydrogens (primary N) is 2. The number of fused-ring (bicyclic) bond motifs is 2. The highest BCUT2D eigenvalue weighted by Gasteiger charge is 2.31. The second-order valence-electron chi connectivity index (χ2n) is 8.85. The third-order valence-electron chi connectivity index (χ3n) is 6.03. The average molecular weight is 555 g/mol. The van der Waals surface area contributed by atoms with Crippen LogP contribution in [0.1, 0.15) is 52.6 Å². The molecule has 2 atom stereocenters. The van der Waals surface area contributed by atoms with E-state index in [4.69, 9.17) is 21.7 Å². The van der Waals surface area contributed by atoms with E-state index in [1.807, 2.05) is 0 Å². The molecule has 4 amide bonds. The molecule has 1 aliphatic rings. The Bertz CT molecular complexity index is 1250. The lowest BCUT2D eigenvalue weighted by Crippen LogP contribution is -2.45. The lowest BCUT2D eigenvalue weighted by molar-refractivity contribution is -0.123. The zero-order chi connectivity index (χ0) is 29.4. The van der Waals surface area contributed by atoms with Crippen molar-refractivity contribution >= 4 is 35.2 Å². The summed E-state index contributed by atoms with van der Waals surface area (Å²) < 4.78 is 0. The van der Waals surface area contributed by atoms with Crippen molar-refractivity contribution in [3.8, 4) is 0 Å². The van der Waals surface area contributed by atoms with E-state index in [1.165, 1.54) is 36.4 Å². The summed E-state index contributed by atoms with van der Waals surface area (Å²) in [5.74, 6) is -3.21. The Labute approximate surface area is 228 Å². The van der Waals surface area contributed by atoms with Crippen LogP contribution in [0, 0.1) is 0 Å². The summed E-state index contributed by atoms with van der Waals surface area (Å²) in [6.07, 6.45) is 0. The minimum absolute atomic E-state index is 0.00728. The largest absolute Gasteiger partial charge is 0.394 e. The SMILES string of the molecule is N[C@@H](CO)C(=O)NCCNC(=O)c1ccc2c(c1)C(=O)c1cc(C(=O)NCCNC(=O)[C@@H](N)CO)ccc1C2=O. The summed E-state index contributed by atoms with van der Waals surface area (Å²) in [5.41, 5.74) is 11.3.